The zero-order valence-corrected chi connectivity index (χ0v) is 11.0. The number of amides is 1. The molecule has 104 valence electrons. The van der Waals surface area contributed by atoms with Crippen LogP contribution in [0.25, 0.3) is 0 Å². The van der Waals surface area contributed by atoms with Gasteiger partial charge in [-0.15, -0.1) is 0 Å². The van der Waals surface area contributed by atoms with Gasteiger partial charge in [0.05, 0.1) is 25.4 Å². The van der Waals surface area contributed by atoms with Gasteiger partial charge in [-0.1, -0.05) is 19.3 Å². The minimum absolute atomic E-state index is 0.0101. The van der Waals surface area contributed by atoms with Crippen LogP contribution in [-0.2, 0) is 9.53 Å². The van der Waals surface area contributed by atoms with Gasteiger partial charge >= 0.3 is 0 Å². The van der Waals surface area contributed by atoms with E-state index in [0.717, 1.165) is 38.8 Å². The maximum absolute atomic E-state index is 11.8. The Labute approximate surface area is 108 Å². The highest BCUT2D eigenvalue weighted by Gasteiger charge is 2.29. The van der Waals surface area contributed by atoms with Gasteiger partial charge in [0, 0.05) is 19.6 Å². The highest BCUT2D eigenvalue weighted by Crippen LogP contribution is 2.27. The van der Waals surface area contributed by atoms with E-state index in [0.29, 0.717) is 26.3 Å². The summed E-state index contributed by atoms with van der Waals surface area (Å²) in [7, 11) is 0. The summed E-state index contributed by atoms with van der Waals surface area (Å²) < 4.78 is 5.24. The Kier molecular flexibility index (Phi) is 4.97. The molecule has 0 spiro atoms. The van der Waals surface area contributed by atoms with Crippen LogP contribution in [0.15, 0.2) is 0 Å². The zero-order valence-electron chi connectivity index (χ0n) is 11.0. The van der Waals surface area contributed by atoms with Crippen LogP contribution in [0, 0.1) is 0 Å². The summed E-state index contributed by atoms with van der Waals surface area (Å²) in [5, 5.41) is 13.1. The van der Waals surface area contributed by atoms with E-state index in [2.05, 4.69) is 10.2 Å². The fourth-order valence-electron chi connectivity index (χ4n) is 2.67. The zero-order chi connectivity index (χ0) is 12.8. The molecule has 0 aromatic rings. The number of morpholine rings is 1. The third-order valence-electron chi connectivity index (χ3n) is 3.87. The number of aliphatic hydroxyl groups is 1. The Morgan fingerprint density at radius 1 is 1.22 bits per heavy atom. The summed E-state index contributed by atoms with van der Waals surface area (Å²) in [6.07, 6.45) is 4.95. The van der Waals surface area contributed by atoms with Crippen LogP contribution in [-0.4, -0.2) is 60.9 Å². The van der Waals surface area contributed by atoms with Crippen molar-refractivity contribution in [3.05, 3.63) is 0 Å². The van der Waals surface area contributed by atoms with Crippen molar-refractivity contribution < 1.29 is 14.6 Å². The standard InChI is InChI=1S/C13H24N2O3/c16-12(10-15-6-8-18-9-7-15)14-11-13(17)4-2-1-3-5-13/h17H,1-11H2,(H,14,16). The molecular weight excluding hydrogens is 232 g/mol. The van der Waals surface area contributed by atoms with Gasteiger partial charge in [-0.3, -0.25) is 9.69 Å². The predicted molar refractivity (Wildman–Crippen MR) is 68.3 cm³/mol. The molecule has 0 unspecified atom stereocenters. The summed E-state index contributed by atoms with van der Waals surface area (Å²) in [6, 6.07) is 0. The smallest absolute Gasteiger partial charge is 0.234 e. The van der Waals surface area contributed by atoms with Crippen LogP contribution in [0.5, 0.6) is 0 Å². The Hall–Kier alpha value is -0.650. The molecule has 2 aliphatic rings. The molecular formula is C13H24N2O3. The molecule has 1 saturated heterocycles. The summed E-state index contributed by atoms with van der Waals surface area (Å²) in [5.41, 5.74) is -0.668. The monoisotopic (exact) mass is 256 g/mol. The van der Waals surface area contributed by atoms with Gasteiger partial charge in [0.2, 0.25) is 5.91 Å². The minimum atomic E-state index is -0.668. The maximum Gasteiger partial charge on any atom is 0.234 e. The lowest BCUT2D eigenvalue weighted by Gasteiger charge is -2.32. The molecule has 2 N–H and O–H groups in total. The Balaban J connectivity index is 1.67. The third-order valence-corrected chi connectivity index (χ3v) is 3.87. The molecule has 0 aromatic carbocycles. The van der Waals surface area contributed by atoms with E-state index < -0.39 is 5.60 Å². The maximum atomic E-state index is 11.8. The van der Waals surface area contributed by atoms with E-state index in [-0.39, 0.29) is 5.91 Å². The van der Waals surface area contributed by atoms with Crippen LogP contribution < -0.4 is 5.32 Å². The lowest BCUT2D eigenvalue weighted by Crippen LogP contribution is -2.48. The average molecular weight is 256 g/mol. The van der Waals surface area contributed by atoms with E-state index in [1.54, 1.807) is 0 Å². The molecule has 18 heavy (non-hydrogen) atoms. The second-order valence-corrected chi connectivity index (χ2v) is 5.45. The van der Waals surface area contributed by atoms with Gasteiger partial charge in [0.15, 0.2) is 0 Å². The summed E-state index contributed by atoms with van der Waals surface area (Å²) in [6.45, 7) is 3.86. The van der Waals surface area contributed by atoms with Crippen molar-refractivity contribution in [1.29, 1.82) is 0 Å². The second-order valence-electron chi connectivity index (χ2n) is 5.45. The van der Waals surface area contributed by atoms with Crippen LogP contribution in [0.3, 0.4) is 0 Å². The van der Waals surface area contributed by atoms with Crippen molar-refractivity contribution in [2.24, 2.45) is 0 Å². The Morgan fingerprint density at radius 3 is 2.56 bits per heavy atom. The number of ether oxygens (including phenoxy) is 1. The van der Waals surface area contributed by atoms with E-state index in [1.165, 1.54) is 6.42 Å². The number of rotatable bonds is 4. The number of carbonyl (C=O) groups excluding carboxylic acids is 1. The largest absolute Gasteiger partial charge is 0.388 e. The molecule has 1 saturated carbocycles. The number of hydrogen-bond donors (Lipinski definition) is 2. The molecule has 5 nitrogen and oxygen atoms in total. The van der Waals surface area contributed by atoms with E-state index in [1.807, 2.05) is 0 Å². The summed E-state index contributed by atoms with van der Waals surface area (Å²) in [4.78, 5) is 13.9. The van der Waals surface area contributed by atoms with Crippen molar-refractivity contribution in [1.82, 2.24) is 10.2 Å². The Bertz CT molecular complexity index is 271. The summed E-state index contributed by atoms with van der Waals surface area (Å²) >= 11 is 0. The van der Waals surface area contributed by atoms with Crippen LogP contribution in [0.2, 0.25) is 0 Å². The van der Waals surface area contributed by atoms with Gasteiger partial charge in [0.25, 0.3) is 0 Å². The van der Waals surface area contributed by atoms with Crippen molar-refractivity contribution in [3.63, 3.8) is 0 Å². The fraction of sp³-hybridized carbons (Fsp3) is 0.923. The molecule has 0 aromatic heterocycles. The van der Waals surface area contributed by atoms with Crippen LogP contribution in [0.1, 0.15) is 32.1 Å². The van der Waals surface area contributed by atoms with E-state index >= 15 is 0 Å². The molecule has 0 bridgehead atoms. The molecule has 0 atom stereocenters. The predicted octanol–water partition coefficient (Wildman–Crippen LogP) is 0.130. The van der Waals surface area contributed by atoms with E-state index in [9.17, 15) is 9.90 Å². The number of nitrogens with one attached hydrogen (secondary N) is 1. The quantitative estimate of drug-likeness (QED) is 0.750. The van der Waals surface area contributed by atoms with Gasteiger partial charge in [-0.25, -0.2) is 0 Å². The molecule has 1 aliphatic heterocycles. The number of hydrogen-bond acceptors (Lipinski definition) is 4. The van der Waals surface area contributed by atoms with Crippen molar-refractivity contribution in [3.8, 4) is 0 Å². The van der Waals surface area contributed by atoms with Crippen LogP contribution >= 0.6 is 0 Å². The van der Waals surface area contributed by atoms with E-state index in [4.69, 9.17) is 4.74 Å². The first-order valence-corrected chi connectivity index (χ1v) is 6.97. The van der Waals surface area contributed by atoms with Gasteiger partial charge < -0.3 is 15.2 Å². The average Bonchev–Trinajstić information content (AvgIpc) is 2.39. The second kappa shape index (κ2) is 6.50. The number of nitrogens with zero attached hydrogens (tertiary/aromatic N) is 1. The van der Waals surface area contributed by atoms with Crippen LogP contribution in [0.4, 0.5) is 0 Å². The molecule has 2 rings (SSSR count). The molecule has 1 amide bonds. The van der Waals surface area contributed by atoms with Gasteiger partial charge in [0.1, 0.15) is 0 Å². The first-order valence-electron chi connectivity index (χ1n) is 6.97. The van der Waals surface area contributed by atoms with Crippen molar-refractivity contribution in [2.45, 2.75) is 37.7 Å². The lowest BCUT2D eigenvalue weighted by molar-refractivity contribution is -0.124. The molecule has 1 aliphatic carbocycles. The highest BCUT2D eigenvalue weighted by molar-refractivity contribution is 5.78. The van der Waals surface area contributed by atoms with Gasteiger partial charge in [-0.05, 0) is 12.8 Å². The van der Waals surface area contributed by atoms with Gasteiger partial charge in [-0.2, -0.15) is 0 Å². The molecule has 2 fully saturated rings. The first-order chi connectivity index (χ1) is 8.68. The molecule has 1 heterocycles. The lowest BCUT2D eigenvalue weighted by atomic mass is 9.85. The molecule has 0 radical (unpaired) electrons. The fourth-order valence-corrected chi connectivity index (χ4v) is 2.67. The summed E-state index contributed by atoms with van der Waals surface area (Å²) in [5.74, 6) is 0.0101. The minimum Gasteiger partial charge on any atom is -0.388 e. The third kappa shape index (κ3) is 4.23. The highest BCUT2D eigenvalue weighted by atomic mass is 16.5. The Morgan fingerprint density at radius 2 is 1.89 bits per heavy atom. The molecule has 5 heteroatoms. The normalized spacial score (nSPS) is 24.7. The number of carbonyl (C=O) groups is 1. The first kappa shape index (κ1) is 13.8. The SMILES string of the molecule is O=C(CN1CCOCC1)NCC1(O)CCCCC1. The van der Waals surface area contributed by atoms with Crippen molar-refractivity contribution in [2.75, 3.05) is 39.4 Å². The van der Waals surface area contributed by atoms with Crippen molar-refractivity contribution >= 4 is 5.91 Å². The topological polar surface area (TPSA) is 61.8 Å².